The summed E-state index contributed by atoms with van der Waals surface area (Å²) >= 11 is 0. The van der Waals surface area contributed by atoms with E-state index in [9.17, 15) is 4.79 Å². The fourth-order valence-corrected chi connectivity index (χ4v) is 2.46. The first-order chi connectivity index (χ1) is 12.0. The number of aliphatic imine (C=N–C) groups is 1. The Labute approximate surface area is 174 Å². The van der Waals surface area contributed by atoms with E-state index in [1.165, 1.54) is 0 Å². The molecule has 26 heavy (non-hydrogen) atoms. The molecule has 0 radical (unpaired) electrons. The third kappa shape index (κ3) is 8.35. The number of amides is 1. The summed E-state index contributed by atoms with van der Waals surface area (Å²) in [6.45, 7) is 11.5. The van der Waals surface area contributed by atoms with Gasteiger partial charge in [0, 0.05) is 38.3 Å². The molecule has 0 spiro atoms. The molecule has 1 rings (SSSR count). The zero-order valence-corrected chi connectivity index (χ0v) is 18.9. The maximum Gasteiger partial charge on any atom is 0.253 e. The van der Waals surface area contributed by atoms with Crippen molar-refractivity contribution in [3.63, 3.8) is 0 Å². The lowest BCUT2D eigenvalue weighted by Gasteiger charge is -2.18. The second-order valence-electron chi connectivity index (χ2n) is 5.87. The van der Waals surface area contributed by atoms with E-state index in [2.05, 4.69) is 15.6 Å². The standard InChI is InChI=1S/C19H32N4O2.HI/c1-6-20-19(22-15(4)14-25-5)21-13-16-9-11-17(12-10-16)18(24)23(7-2)8-3;/h9-12,15H,6-8,13-14H2,1-5H3,(H2,20,21,22);1H. The number of carbonyl (C=O) groups excluding carboxylic acids is 1. The van der Waals surface area contributed by atoms with Crippen LogP contribution < -0.4 is 10.6 Å². The highest BCUT2D eigenvalue weighted by Crippen LogP contribution is 2.09. The molecule has 1 atom stereocenters. The third-order valence-electron chi connectivity index (χ3n) is 3.82. The average molecular weight is 476 g/mol. The number of benzene rings is 1. The zero-order chi connectivity index (χ0) is 18.7. The maximum atomic E-state index is 12.3. The largest absolute Gasteiger partial charge is 0.383 e. The van der Waals surface area contributed by atoms with Gasteiger partial charge in [-0.2, -0.15) is 0 Å². The number of hydrogen-bond donors (Lipinski definition) is 2. The average Bonchev–Trinajstić information content (AvgIpc) is 2.61. The summed E-state index contributed by atoms with van der Waals surface area (Å²) in [5.41, 5.74) is 1.78. The SMILES string of the molecule is CCNC(=NCc1ccc(C(=O)N(CC)CC)cc1)NC(C)COC.I. The van der Waals surface area contributed by atoms with Gasteiger partial charge in [0.15, 0.2) is 5.96 Å². The quantitative estimate of drug-likeness (QED) is 0.327. The summed E-state index contributed by atoms with van der Waals surface area (Å²) in [4.78, 5) is 18.7. The van der Waals surface area contributed by atoms with Gasteiger partial charge < -0.3 is 20.3 Å². The van der Waals surface area contributed by atoms with E-state index in [0.717, 1.165) is 36.7 Å². The lowest BCUT2D eigenvalue weighted by molar-refractivity contribution is 0.0773. The van der Waals surface area contributed by atoms with Gasteiger partial charge in [-0.05, 0) is 45.4 Å². The van der Waals surface area contributed by atoms with Gasteiger partial charge in [-0.15, -0.1) is 24.0 Å². The van der Waals surface area contributed by atoms with Crippen LogP contribution in [0.5, 0.6) is 0 Å². The van der Waals surface area contributed by atoms with Crippen molar-refractivity contribution in [1.29, 1.82) is 0 Å². The Bertz CT molecular complexity index is 545. The van der Waals surface area contributed by atoms with Crippen LogP contribution in [0.3, 0.4) is 0 Å². The lowest BCUT2D eigenvalue weighted by atomic mass is 10.1. The van der Waals surface area contributed by atoms with Crippen molar-refractivity contribution < 1.29 is 9.53 Å². The molecule has 0 fully saturated rings. The van der Waals surface area contributed by atoms with Crippen LogP contribution in [-0.2, 0) is 11.3 Å². The molecule has 6 nitrogen and oxygen atoms in total. The lowest BCUT2D eigenvalue weighted by Crippen LogP contribution is -2.43. The van der Waals surface area contributed by atoms with Gasteiger partial charge in [-0.3, -0.25) is 4.79 Å². The van der Waals surface area contributed by atoms with Gasteiger partial charge in [0.1, 0.15) is 0 Å². The molecule has 7 heteroatoms. The molecule has 0 saturated carbocycles. The van der Waals surface area contributed by atoms with Crippen molar-refractivity contribution in [3.8, 4) is 0 Å². The Morgan fingerprint density at radius 3 is 2.31 bits per heavy atom. The highest BCUT2D eigenvalue weighted by atomic mass is 127. The Hall–Kier alpha value is -1.35. The van der Waals surface area contributed by atoms with E-state index < -0.39 is 0 Å². The predicted molar refractivity (Wildman–Crippen MR) is 118 cm³/mol. The minimum atomic E-state index is 0. The van der Waals surface area contributed by atoms with Crippen LogP contribution in [0.2, 0.25) is 0 Å². The number of guanidine groups is 1. The molecule has 0 aliphatic rings. The van der Waals surface area contributed by atoms with E-state index >= 15 is 0 Å². The molecule has 0 heterocycles. The Balaban J connectivity index is 0.00000625. The van der Waals surface area contributed by atoms with Crippen LogP contribution in [-0.4, -0.2) is 56.2 Å². The molecular formula is C19H33IN4O2. The molecule has 2 N–H and O–H groups in total. The normalized spacial score (nSPS) is 12.1. The summed E-state index contributed by atoms with van der Waals surface area (Å²) < 4.78 is 5.14. The van der Waals surface area contributed by atoms with Crippen molar-refractivity contribution >= 4 is 35.8 Å². The molecule has 148 valence electrons. The van der Waals surface area contributed by atoms with Gasteiger partial charge in [-0.25, -0.2) is 4.99 Å². The van der Waals surface area contributed by atoms with Crippen molar-refractivity contribution in [2.75, 3.05) is 33.4 Å². The molecule has 0 aromatic heterocycles. The molecule has 1 aromatic carbocycles. The Morgan fingerprint density at radius 1 is 1.19 bits per heavy atom. The van der Waals surface area contributed by atoms with Gasteiger partial charge >= 0.3 is 0 Å². The monoisotopic (exact) mass is 476 g/mol. The number of ether oxygens (including phenoxy) is 1. The molecule has 0 aliphatic carbocycles. The van der Waals surface area contributed by atoms with E-state index in [0.29, 0.717) is 13.2 Å². The maximum absolute atomic E-state index is 12.3. The van der Waals surface area contributed by atoms with E-state index in [-0.39, 0.29) is 35.9 Å². The number of methoxy groups -OCH3 is 1. The Morgan fingerprint density at radius 2 is 1.81 bits per heavy atom. The molecule has 1 unspecified atom stereocenters. The van der Waals surface area contributed by atoms with Crippen LogP contribution in [0, 0.1) is 0 Å². The van der Waals surface area contributed by atoms with E-state index in [4.69, 9.17) is 4.74 Å². The first-order valence-corrected chi connectivity index (χ1v) is 8.97. The number of hydrogen-bond acceptors (Lipinski definition) is 3. The predicted octanol–water partition coefficient (Wildman–Crippen LogP) is 2.88. The number of nitrogens with one attached hydrogen (secondary N) is 2. The smallest absolute Gasteiger partial charge is 0.253 e. The van der Waals surface area contributed by atoms with Crippen molar-refractivity contribution in [1.82, 2.24) is 15.5 Å². The van der Waals surface area contributed by atoms with Crippen LogP contribution in [0.4, 0.5) is 0 Å². The Kier molecular flexibility index (Phi) is 13.1. The van der Waals surface area contributed by atoms with E-state index in [1.54, 1.807) is 7.11 Å². The topological polar surface area (TPSA) is 66.0 Å². The zero-order valence-electron chi connectivity index (χ0n) is 16.5. The van der Waals surface area contributed by atoms with Crippen LogP contribution in [0.15, 0.2) is 29.3 Å². The first-order valence-electron chi connectivity index (χ1n) is 8.97. The fourth-order valence-electron chi connectivity index (χ4n) is 2.46. The molecule has 0 aliphatic heterocycles. The van der Waals surface area contributed by atoms with Gasteiger partial charge in [0.25, 0.3) is 5.91 Å². The molecule has 1 aromatic rings. The summed E-state index contributed by atoms with van der Waals surface area (Å²) in [5.74, 6) is 0.832. The number of rotatable bonds is 9. The van der Waals surface area contributed by atoms with Crippen LogP contribution >= 0.6 is 24.0 Å². The minimum absolute atomic E-state index is 0. The molecular weight excluding hydrogens is 443 g/mol. The van der Waals surface area contributed by atoms with Crippen molar-refractivity contribution in [2.24, 2.45) is 4.99 Å². The van der Waals surface area contributed by atoms with Gasteiger partial charge in [-0.1, -0.05) is 12.1 Å². The summed E-state index contributed by atoms with van der Waals surface area (Å²) in [5, 5.41) is 6.53. The summed E-state index contributed by atoms with van der Waals surface area (Å²) in [7, 11) is 1.68. The van der Waals surface area contributed by atoms with Crippen molar-refractivity contribution in [3.05, 3.63) is 35.4 Å². The van der Waals surface area contributed by atoms with Crippen LogP contribution in [0.25, 0.3) is 0 Å². The molecule has 1 amide bonds. The minimum Gasteiger partial charge on any atom is -0.383 e. The highest BCUT2D eigenvalue weighted by Gasteiger charge is 2.11. The molecule has 0 saturated heterocycles. The van der Waals surface area contributed by atoms with Gasteiger partial charge in [0.2, 0.25) is 0 Å². The number of halogens is 1. The first kappa shape index (κ1) is 24.7. The van der Waals surface area contributed by atoms with E-state index in [1.807, 2.05) is 56.9 Å². The van der Waals surface area contributed by atoms with Crippen molar-refractivity contribution in [2.45, 2.75) is 40.3 Å². The summed E-state index contributed by atoms with van der Waals surface area (Å²) in [6, 6.07) is 7.85. The number of carbonyl (C=O) groups is 1. The van der Waals surface area contributed by atoms with Crippen LogP contribution in [0.1, 0.15) is 43.6 Å². The second-order valence-corrected chi connectivity index (χ2v) is 5.87. The fraction of sp³-hybridized carbons (Fsp3) is 0.579. The highest BCUT2D eigenvalue weighted by molar-refractivity contribution is 14.0. The second kappa shape index (κ2) is 13.8. The van der Waals surface area contributed by atoms with Gasteiger partial charge in [0.05, 0.1) is 13.2 Å². The number of nitrogens with zero attached hydrogens (tertiary/aromatic N) is 2. The third-order valence-corrected chi connectivity index (χ3v) is 3.82. The molecule has 0 bridgehead atoms. The summed E-state index contributed by atoms with van der Waals surface area (Å²) in [6.07, 6.45) is 0.